The van der Waals surface area contributed by atoms with Crippen LogP contribution in [-0.2, 0) is 6.42 Å². The summed E-state index contributed by atoms with van der Waals surface area (Å²) in [6.45, 7) is 17.2. The van der Waals surface area contributed by atoms with Crippen LogP contribution in [0.25, 0.3) is 45.6 Å². The molecule has 0 amide bonds. The van der Waals surface area contributed by atoms with Gasteiger partial charge in [0.15, 0.2) is 48.9 Å². The lowest BCUT2D eigenvalue weighted by atomic mass is 9.99. The van der Waals surface area contributed by atoms with Crippen LogP contribution in [0.1, 0.15) is 181 Å². The highest BCUT2D eigenvalue weighted by molar-refractivity contribution is 5.86. The van der Waals surface area contributed by atoms with Crippen molar-refractivity contribution in [1.82, 2.24) is 59.1 Å². The fourth-order valence-corrected chi connectivity index (χ4v) is 13.3. The first-order valence-corrected chi connectivity index (χ1v) is 34.8. The molecule has 28 nitrogen and oxygen atoms in total. The van der Waals surface area contributed by atoms with Gasteiger partial charge in [-0.2, -0.15) is 20.4 Å². The normalized spacial score (nSPS) is 15.3. The maximum absolute atomic E-state index is 12.7. The number of hydrogen-bond acceptors (Lipinski definition) is 23. The number of nitrogens with one attached hydrogen (secondary N) is 1. The first kappa shape index (κ1) is 75.3. The van der Waals surface area contributed by atoms with Gasteiger partial charge in [0.1, 0.15) is 89.2 Å². The van der Waals surface area contributed by atoms with Gasteiger partial charge in [0, 0.05) is 86.2 Å². The van der Waals surface area contributed by atoms with Gasteiger partial charge in [-0.25, -0.2) is 0 Å². The first-order chi connectivity index (χ1) is 52.3. The number of ether oxygens (including phenoxy) is 7. The van der Waals surface area contributed by atoms with E-state index in [0.29, 0.717) is 83.1 Å². The van der Waals surface area contributed by atoms with Gasteiger partial charge in [-0.05, 0) is 146 Å². The Morgan fingerprint density at radius 1 is 0.431 bits per heavy atom. The van der Waals surface area contributed by atoms with Crippen molar-refractivity contribution in [2.24, 2.45) is 0 Å². The lowest BCUT2D eigenvalue weighted by molar-refractivity contribution is 0.110. The maximum atomic E-state index is 12.7. The van der Waals surface area contributed by atoms with Crippen LogP contribution in [0.3, 0.4) is 0 Å². The van der Waals surface area contributed by atoms with E-state index < -0.39 is 24.4 Å². The lowest BCUT2D eigenvalue weighted by Gasteiger charge is -2.18. The highest BCUT2D eigenvalue weighted by Gasteiger charge is 2.37. The molecular formula is C81H80N12O16. The molecule has 0 spiro atoms. The molecule has 28 heteroatoms. The molecule has 5 N–H and O–H groups in total. The Balaban J connectivity index is 0.000000135. The average molecular weight is 1480 g/mol. The summed E-state index contributed by atoms with van der Waals surface area (Å²) in [6.07, 6.45) is 14.4. The molecule has 8 aromatic heterocycles. The van der Waals surface area contributed by atoms with Crippen molar-refractivity contribution in [3.63, 3.8) is 0 Å². The van der Waals surface area contributed by atoms with Gasteiger partial charge in [0.25, 0.3) is 0 Å². The summed E-state index contributed by atoms with van der Waals surface area (Å²) < 4.78 is 49.0. The summed E-state index contributed by atoms with van der Waals surface area (Å²) in [7, 11) is 0. The molecule has 0 radical (unpaired) electrons. The van der Waals surface area contributed by atoms with E-state index in [1.807, 2.05) is 98.4 Å². The van der Waals surface area contributed by atoms with Crippen molar-refractivity contribution in [2.45, 2.75) is 118 Å². The minimum absolute atomic E-state index is 0. The molecule has 4 atom stereocenters. The number of pyridine rings is 4. The standard InChI is InChI=1S/4C20H19N3O4.CH4/c1-11(2)23-14(5-8-22-23)19-18(16(26)6-7-21-19)17-9-12-3-4-15(25)13(10-24)20(12)27-17;3*1-12(2)23-14(6-9-22-23)20-19-17(7-8-21-20)26-11-18(19)27-16-5-3-4-15(25)13(16)10-24;/h3-8,10-11,17,25H,9H2,1-2H3,(H,21,26);3*3-10,12,18,25H,11H2,1-2H3;1H4/t;2*18-;;/m.10../s1. The molecule has 0 bridgehead atoms. The Labute approximate surface area is 625 Å². The molecule has 4 aromatic carbocycles. The Morgan fingerprint density at radius 3 is 1.14 bits per heavy atom. The van der Waals surface area contributed by atoms with E-state index >= 15 is 0 Å². The zero-order valence-corrected chi connectivity index (χ0v) is 60.0. The molecule has 12 heterocycles. The molecule has 560 valence electrons. The molecule has 12 aromatic rings. The number of aldehydes is 4. The van der Waals surface area contributed by atoms with Crippen molar-refractivity contribution in [3.8, 4) is 109 Å². The number of hydrogen-bond donors (Lipinski definition) is 5. The third kappa shape index (κ3) is 15.0. The van der Waals surface area contributed by atoms with Gasteiger partial charge < -0.3 is 58.6 Å². The second kappa shape index (κ2) is 32.5. The number of phenols is 4. The van der Waals surface area contributed by atoms with E-state index in [4.69, 9.17) is 33.2 Å². The largest absolute Gasteiger partial charge is 0.507 e. The van der Waals surface area contributed by atoms with Gasteiger partial charge in [0.05, 0.1) is 90.1 Å². The second-order valence-corrected chi connectivity index (χ2v) is 26.5. The quantitative estimate of drug-likeness (QED) is 0.0469. The van der Waals surface area contributed by atoms with Crippen molar-refractivity contribution in [2.75, 3.05) is 19.8 Å². The third-order valence-corrected chi connectivity index (χ3v) is 18.3. The number of aromatic amines is 1. The van der Waals surface area contributed by atoms with E-state index in [-0.39, 0.29) is 102 Å². The fraction of sp³-hybridized carbons (Fsp3) is 0.259. The summed E-state index contributed by atoms with van der Waals surface area (Å²) in [6, 6.07) is 32.4. The molecule has 0 saturated heterocycles. The molecule has 16 rings (SSSR count). The maximum Gasteiger partial charge on any atom is 0.189 e. The molecule has 0 saturated carbocycles. The Kier molecular flexibility index (Phi) is 22.5. The summed E-state index contributed by atoms with van der Waals surface area (Å²) in [4.78, 5) is 74.9. The molecule has 4 aliphatic heterocycles. The average Bonchev–Trinajstić information content (AvgIpc) is 1.67. The minimum Gasteiger partial charge on any atom is -0.507 e. The van der Waals surface area contributed by atoms with E-state index in [9.17, 15) is 44.4 Å². The molecule has 2 unspecified atom stereocenters. The first-order valence-electron chi connectivity index (χ1n) is 34.8. The van der Waals surface area contributed by atoms with Crippen LogP contribution in [-0.4, -0.2) is 124 Å². The molecule has 0 fully saturated rings. The zero-order chi connectivity index (χ0) is 76.0. The smallest absolute Gasteiger partial charge is 0.189 e. The van der Waals surface area contributed by atoms with Gasteiger partial charge in [-0.15, -0.1) is 0 Å². The van der Waals surface area contributed by atoms with Crippen molar-refractivity contribution >= 4 is 25.1 Å². The monoisotopic (exact) mass is 1480 g/mol. The highest BCUT2D eigenvalue weighted by atomic mass is 16.6. The number of carbonyl (C=O) groups is 4. The summed E-state index contributed by atoms with van der Waals surface area (Å²) in [5.74, 6) is 2.82. The second-order valence-electron chi connectivity index (χ2n) is 26.5. The predicted molar refractivity (Wildman–Crippen MR) is 401 cm³/mol. The Hall–Kier alpha value is -13.4. The van der Waals surface area contributed by atoms with Crippen LogP contribution in [0, 0.1) is 0 Å². The molecule has 0 aliphatic carbocycles. The summed E-state index contributed by atoms with van der Waals surface area (Å²) in [5, 5.41) is 57.1. The lowest BCUT2D eigenvalue weighted by Crippen LogP contribution is -2.19. The number of carbonyl (C=O) groups excluding carboxylic acids is 4. The number of aromatic nitrogens is 12. The number of H-pyrrole nitrogens is 1. The SMILES string of the molecule is C.CC(C)n1nccc1-c1[nH]ccc(=O)c1C1Cc2ccc(O)c(C=O)c2O1.CC(C)n1nccc1-c1nccc2c1C(Oc1cccc(O)c1C=O)CO2.CC(C)n1nccc1-c1nccc2c1[C@@H](Oc1cccc(O)c1C=O)CO2.CC(C)n1nccc1-c1nccc2c1[C@H](Oc1cccc(O)c1C=O)CO2. The number of benzene rings is 4. The zero-order valence-electron chi connectivity index (χ0n) is 60.0. The van der Waals surface area contributed by atoms with Crippen LogP contribution >= 0.6 is 0 Å². The third-order valence-electron chi connectivity index (χ3n) is 18.3. The molecule has 4 aliphatic rings. The van der Waals surface area contributed by atoms with Crippen molar-refractivity contribution < 1.29 is 72.8 Å². The number of aromatic hydroxyl groups is 4. The topological polar surface area (TPSA) is 357 Å². The predicted octanol–water partition coefficient (Wildman–Crippen LogP) is 14.3. The van der Waals surface area contributed by atoms with E-state index in [1.54, 1.807) is 110 Å². The number of fused-ring (bicyclic) bond motifs is 4. The van der Waals surface area contributed by atoms with Crippen molar-refractivity contribution in [3.05, 3.63) is 225 Å². The van der Waals surface area contributed by atoms with Crippen molar-refractivity contribution in [1.29, 1.82) is 0 Å². The van der Waals surface area contributed by atoms with Crippen LogP contribution in [0.2, 0.25) is 0 Å². The summed E-state index contributed by atoms with van der Waals surface area (Å²) in [5.41, 5.74) is 10.2. The van der Waals surface area contributed by atoms with Crippen LogP contribution in [0.15, 0.2) is 170 Å². The number of rotatable bonds is 19. The molecule has 109 heavy (non-hydrogen) atoms. The highest BCUT2D eigenvalue weighted by Crippen LogP contribution is 2.47. The van der Waals surface area contributed by atoms with E-state index in [2.05, 4.69) is 40.3 Å². The molecular weight excluding hydrogens is 1400 g/mol. The van der Waals surface area contributed by atoms with Gasteiger partial charge >= 0.3 is 0 Å². The number of phenolic OH excluding ortho intramolecular Hbond substituents is 4. The van der Waals surface area contributed by atoms with Gasteiger partial charge in [0.2, 0.25) is 0 Å². The van der Waals surface area contributed by atoms with E-state index in [1.165, 1.54) is 30.3 Å². The van der Waals surface area contributed by atoms with Crippen LogP contribution < -0.4 is 38.6 Å². The summed E-state index contributed by atoms with van der Waals surface area (Å²) >= 11 is 0. The Bertz CT molecular complexity index is 5000. The van der Waals surface area contributed by atoms with Crippen LogP contribution in [0.5, 0.6) is 63.2 Å². The van der Waals surface area contributed by atoms with Crippen LogP contribution in [0.4, 0.5) is 0 Å². The fourth-order valence-electron chi connectivity index (χ4n) is 13.3. The minimum atomic E-state index is -0.559. The van der Waals surface area contributed by atoms with E-state index in [0.717, 1.165) is 62.1 Å². The van der Waals surface area contributed by atoms with Gasteiger partial charge in [-0.1, -0.05) is 31.7 Å². The van der Waals surface area contributed by atoms with Gasteiger partial charge in [-0.3, -0.25) is 57.7 Å². The number of nitrogens with zero attached hydrogens (tertiary/aromatic N) is 11. The Morgan fingerprint density at radius 2 is 0.780 bits per heavy atom.